The van der Waals surface area contributed by atoms with Crippen molar-refractivity contribution < 1.29 is 27.5 Å². The number of amides is 2. The van der Waals surface area contributed by atoms with Crippen molar-refractivity contribution in [1.82, 2.24) is 4.31 Å². The maximum Gasteiger partial charge on any atom is 0.338 e. The number of hydrogen-bond donors (Lipinski definition) is 0. The Labute approximate surface area is 224 Å². The van der Waals surface area contributed by atoms with E-state index in [1.165, 1.54) is 36.4 Å². The molecule has 3 aromatic rings. The molecule has 0 aromatic heterocycles. The average molecular weight is 585 g/mol. The molecule has 37 heavy (non-hydrogen) atoms. The molecule has 0 radical (unpaired) electrons. The Morgan fingerprint density at radius 2 is 1.65 bits per heavy atom. The molecule has 2 atom stereocenters. The lowest BCUT2D eigenvalue weighted by Crippen LogP contribution is -2.46. The Kier molecular flexibility index (Phi) is 7.91. The second kappa shape index (κ2) is 11.0. The second-order valence-electron chi connectivity index (χ2n) is 8.43. The smallest absolute Gasteiger partial charge is 0.338 e. The van der Waals surface area contributed by atoms with Crippen molar-refractivity contribution in [3.05, 3.63) is 94.5 Å². The molecule has 1 aliphatic heterocycles. The van der Waals surface area contributed by atoms with Gasteiger partial charge in [0.05, 0.1) is 29.2 Å². The molecule has 192 valence electrons. The maximum absolute atomic E-state index is 13.9. The van der Waals surface area contributed by atoms with Gasteiger partial charge in [-0.2, -0.15) is 4.31 Å². The van der Waals surface area contributed by atoms with Gasteiger partial charge in [-0.3, -0.25) is 9.59 Å². The van der Waals surface area contributed by atoms with Gasteiger partial charge in [-0.1, -0.05) is 46.3 Å². The zero-order valence-electron chi connectivity index (χ0n) is 20.2. The number of imide groups is 1. The summed E-state index contributed by atoms with van der Waals surface area (Å²) in [6.07, 6.45) is -0.314. The summed E-state index contributed by atoms with van der Waals surface area (Å²) in [7, 11) is -4.18. The van der Waals surface area contributed by atoms with E-state index in [9.17, 15) is 22.8 Å². The number of hydrogen-bond acceptors (Lipinski definition) is 6. The predicted octanol–water partition coefficient (Wildman–Crippen LogP) is 4.71. The average Bonchev–Trinajstić information content (AvgIpc) is 3.18. The van der Waals surface area contributed by atoms with Crippen LogP contribution in [-0.2, 0) is 24.3 Å². The number of halogens is 1. The van der Waals surface area contributed by atoms with Gasteiger partial charge in [0.25, 0.3) is 5.91 Å². The van der Waals surface area contributed by atoms with Crippen LogP contribution in [0.4, 0.5) is 5.69 Å². The topological polar surface area (TPSA) is 101 Å². The van der Waals surface area contributed by atoms with Crippen molar-refractivity contribution in [3.8, 4) is 0 Å². The van der Waals surface area contributed by atoms with Crippen LogP contribution in [0.25, 0.3) is 0 Å². The fourth-order valence-corrected chi connectivity index (χ4v) is 6.32. The number of carbonyl (C=O) groups excluding carboxylic acids is 3. The number of esters is 1. The van der Waals surface area contributed by atoms with Crippen LogP contribution >= 0.6 is 15.9 Å². The van der Waals surface area contributed by atoms with E-state index in [0.717, 1.165) is 9.21 Å². The van der Waals surface area contributed by atoms with E-state index in [2.05, 4.69) is 15.9 Å². The highest BCUT2D eigenvalue weighted by Gasteiger charge is 2.49. The van der Waals surface area contributed by atoms with Crippen molar-refractivity contribution in [1.29, 1.82) is 0 Å². The third-order valence-electron chi connectivity index (χ3n) is 6.12. The molecular weight excluding hydrogens is 560 g/mol. The largest absolute Gasteiger partial charge is 0.462 e. The predicted molar refractivity (Wildman–Crippen MR) is 141 cm³/mol. The minimum atomic E-state index is -4.18. The first-order chi connectivity index (χ1) is 17.6. The zero-order chi connectivity index (χ0) is 26.7. The maximum atomic E-state index is 13.9. The highest BCUT2D eigenvalue weighted by atomic mass is 79.9. The first kappa shape index (κ1) is 26.7. The molecule has 10 heteroatoms. The van der Waals surface area contributed by atoms with Gasteiger partial charge >= 0.3 is 5.97 Å². The molecule has 0 spiro atoms. The third kappa shape index (κ3) is 5.36. The highest BCUT2D eigenvalue weighted by molar-refractivity contribution is 9.10. The molecule has 4 rings (SSSR count). The Hall–Kier alpha value is -3.34. The van der Waals surface area contributed by atoms with Gasteiger partial charge in [0, 0.05) is 10.5 Å². The molecule has 0 saturated carbocycles. The minimum absolute atomic E-state index is 0.0102. The standard InChI is InChI=1S/C27H25BrN2O6S/c1-3-36-27(33)20-9-13-22(14-10-20)29-25(31)17-24(26(29)32)30(18(2)19-7-5-4-6-8-19)37(34,35)23-15-11-21(28)12-16-23/h4-16,18,24H,3,17H2,1-2H3. The lowest BCUT2D eigenvalue weighted by molar-refractivity contribution is -0.122. The van der Waals surface area contributed by atoms with Crippen LogP contribution in [0.2, 0.25) is 0 Å². The van der Waals surface area contributed by atoms with E-state index in [-0.39, 0.29) is 29.2 Å². The summed E-state index contributed by atoms with van der Waals surface area (Å²) in [6, 6.07) is 19.0. The molecule has 0 aliphatic carbocycles. The van der Waals surface area contributed by atoms with E-state index < -0.39 is 39.9 Å². The van der Waals surface area contributed by atoms with Crippen molar-refractivity contribution in [2.45, 2.75) is 37.2 Å². The minimum Gasteiger partial charge on any atom is -0.462 e. The summed E-state index contributed by atoms with van der Waals surface area (Å²) in [4.78, 5) is 39.7. The summed E-state index contributed by atoms with van der Waals surface area (Å²) < 4.78 is 34.6. The van der Waals surface area contributed by atoms with E-state index >= 15 is 0 Å². The van der Waals surface area contributed by atoms with Crippen LogP contribution in [-0.4, -0.2) is 43.2 Å². The van der Waals surface area contributed by atoms with E-state index in [0.29, 0.717) is 10.0 Å². The fraction of sp³-hybridized carbons (Fsp3) is 0.222. The first-order valence-electron chi connectivity index (χ1n) is 11.6. The lowest BCUT2D eigenvalue weighted by atomic mass is 10.1. The molecule has 2 unspecified atom stereocenters. The molecule has 8 nitrogen and oxygen atoms in total. The van der Waals surface area contributed by atoms with Crippen molar-refractivity contribution >= 4 is 49.4 Å². The number of sulfonamides is 1. The van der Waals surface area contributed by atoms with Crippen LogP contribution in [0.3, 0.4) is 0 Å². The van der Waals surface area contributed by atoms with E-state index in [1.807, 2.05) is 6.07 Å². The van der Waals surface area contributed by atoms with Crippen molar-refractivity contribution in [2.24, 2.45) is 0 Å². The molecule has 0 bridgehead atoms. The number of benzene rings is 3. The SMILES string of the molecule is CCOC(=O)c1ccc(N2C(=O)CC(N(C(C)c3ccccc3)S(=O)(=O)c3ccc(Br)cc3)C2=O)cc1. The normalized spacial score (nSPS) is 16.8. The molecule has 1 heterocycles. The van der Waals surface area contributed by atoms with Gasteiger partial charge in [-0.05, 0) is 67.9 Å². The molecule has 0 N–H and O–H groups in total. The molecule has 2 amide bonds. The quantitative estimate of drug-likeness (QED) is 0.281. The summed E-state index contributed by atoms with van der Waals surface area (Å²) in [6.45, 7) is 3.60. The number of carbonyl (C=O) groups is 3. The Balaban J connectivity index is 1.73. The van der Waals surface area contributed by atoms with Gasteiger partial charge in [0.15, 0.2) is 0 Å². The highest BCUT2D eigenvalue weighted by Crippen LogP contribution is 2.36. The van der Waals surface area contributed by atoms with Gasteiger partial charge in [0.1, 0.15) is 6.04 Å². The number of ether oxygens (including phenoxy) is 1. The Morgan fingerprint density at radius 1 is 1.03 bits per heavy atom. The van der Waals surface area contributed by atoms with Crippen LogP contribution in [0.15, 0.2) is 88.2 Å². The zero-order valence-corrected chi connectivity index (χ0v) is 22.6. The summed E-state index contributed by atoms with van der Waals surface area (Å²) in [5.41, 5.74) is 1.21. The van der Waals surface area contributed by atoms with E-state index in [1.54, 1.807) is 50.2 Å². The van der Waals surface area contributed by atoms with Gasteiger partial charge in [-0.25, -0.2) is 18.1 Å². The van der Waals surface area contributed by atoms with Crippen LogP contribution in [0.5, 0.6) is 0 Å². The van der Waals surface area contributed by atoms with Crippen LogP contribution in [0.1, 0.15) is 42.2 Å². The molecular formula is C27H25BrN2O6S. The van der Waals surface area contributed by atoms with Gasteiger partial charge in [0.2, 0.25) is 15.9 Å². The Bertz CT molecular complexity index is 1410. The molecule has 1 fully saturated rings. The summed E-state index contributed by atoms with van der Waals surface area (Å²) in [5.74, 6) is -1.71. The van der Waals surface area contributed by atoms with Crippen molar-refractivity contribution in [2.75, 3.05) is 11.5 Å². The van der Waals surface area contributed by atoms with Crippen LogP contribution < -0.4 is 4.90 Å². The number of rotatable bonds is 8. The molecule has 1 saturated heterocycles. The van der Waals surface area contributed by atoms with Crippen LogP contribution in [0, 0.1) is 0 Å². The number of nitrogens with zero attached hydrogens (tertiary/aromatic N) is 2. The third-order valence-corrected chi connectivity index (χ3v) is 8.64. The number of anilines is 1. The van der Waals surface area contributed by atoms with Gasteiger partial charge in [-0.15, -0.1) is 0 Å². The fourth-order valence-electron chi connectivity index (χ4n) is 4.30. The van der Waals surface area contributed by atoms with Crippen molar-refractivity contribution in [3.63, 3.8) is 0 Å². The summed E-state index contributed by atoms with van der Waals surface area (Å²) >= 11 is 3.31. The Morgan fingerprint density at radius 3 is 2.24 bits per heavy atom. The second-order valence-corrected chi connectivity index (χ2v) is 11.2. The molecule has 3 aromatic carbocycles. The van der Waals surface area contributed by atoms with Gasteiger partial charge < -0.3 is 4.74 Å². The van der Waals surface area contributed by atoms with E-state index in [4.69, 9.17) is 4.74 Å². The molecule has 1 aliphatic rings. The monoisotopic (exact) mass is 584 g/mol. The lowest BCUT2D eigenvalue weighted by Gasteiger charge is -2.32. The first-order valence-corrected chi connectivity index (χ1v) is 13.9. The summed E-state index contributed by atoms with van der Waals surface area (Å²) in [5, 5.41) is 0.